The van der Waals surface area contributed by atoms with Crippen LogP contribution in [-0.4, -0.2) is 45.6 Å². The van der Waals surface area contributed by atoms with Gasteiger partial charge in [0.05, 0.1) is 12.1 Å². The van der Waals surface area contributed by atoms with E-state index < -0.39 is 0 Å². The number of unbranched alkanes of at least 4 members (excludes halogenated alkanes) is 3. The van der Waals surface area contributed by atoms with Gasteiger partial charge in [0.2, 0.25) is 22.0 Å². The van der Waals surface area contributed by atoms with Crippen LogP contribution in [0.15, 0.2) is 0 Å². The molecule has 2 aliphatic rings. The molecule has 2 heterocycles. The van der Waals surface area contributed by atoms with Crippen molar-refractivity contribution in [1.82, 2.24) is 10.6 Å². The van der Waals surface area contributed by atoms with Crippen molar-refractivity contribution < 1.29 is 19.2 Å². The molecule has 0 radical (unpaired) electrons. The molecule has 8 heteroatoms. The van der Waals surface area contributed by atoms with Gasteiger partial charge in [-0.1, -0.05) is 36.4 Å². The van der Waals surface area contributed by atoms with Gasteiger partial charge in [-0.15, -0.1) is 0 Å². The highest BCUT2D eigenvalue weighted by atomic mass is 32.2. The van der Waals surface area contributed by atoms with Crippen LogP contribution < -0.4 is 10.6 Å². The minimum atomic E-state index is -0.303. The van der Waals surface area contributed by atoms with E-state index in [1.54, 1.807) is 0 Å². The van der Waals surface area contributed by atoms with Gasteiger partial charge in [0.1, 0.15) is 0 Å². The number of carbonyl (C=O) groups is 4. The highest BCUT2D eigenvalue weighted by Crippen LogP contribution is 2.20. The van der Waals surface area contributed by atoms with E-state index >= 15 is 0 Å². The Morgan fingerprint density at radius 1 is 0.792 bits per heavy atom. The summed E-state index contributed by atoms with van der Waals surface area (Å²) in [6.07, 6.45) is 5.60. The molecule has 0 spiro atoms. The topological polar surface area (TPSA) is 92.3 Å². The van der Waals surface area contributed by atoms with Gasteiger partial charge in [0.15, 0.2) is 0 Å². The van der Waals surface area contributed by atoms with Crippen molar-refractivity contribution in [2.75, 3.05) is 11.5 Å². The molecule has 2 saturated heterocycles. The number of carbonyl (C=O) groups excluding carboxylic acids is 4. The summed E-state index contributed by atoms with van der Waals surface area (Å²) in [4.78, 5) is 46.3. The molecule has 6 nitrogen and oxygen atoms in total. The number of nitrogens with one attached hydrogen (secondary N) is 2. The van der Waals surface area contributed by atoms with E-state index in [2.05, 4.69) is 10.6 Å². The van der Waals surface area contributed by atoms with Crippen molar-refractivity contribution in [3.05, 3.63) is 0 Å². The largest absolute Gasteiger partial charge is 0.345 e. The summed E-state index contributed by atoms with van der Waals surface area (Å²) >= 11 is 2.56. The van der Waals surface area contributed by atoms with E-state index in [9.17, 15) is 19.2 Å². The Hall–Kier alpha value is -1.02. The highest BCUT2D eigenvalue weighted by molar-refractivity contribution is 8.14. The first-order valence-corrected chi connectivity index (χ1v) is 10.5. The number of amides is 2. The Morgan fingerprint density at radius 3 is 1.54 bits per heavy atom. The fourth-order valence-electron chi connectivity index (χ4n) is 2.71. The first kappa shape index (κ1) is 19.3. The van der Waals surface area contributed by atoms with Crippen LogP contribution in [0.2, 0.25) is 0 Å². The van der Waals surface area contributed by atoms with Gasteiger partial charge in [-0.05, 0) is 25.7 Å². The van der Waals surface area contributed by atoms with Crippen LogP contribution in [0, 0.1) is 0 Å². The number of rotatable bonds is 9. The molecule has 2 atom stereocenters. The van der Waals surface area contributed by atoms with E-state index in [1.807, 2.05) is 0 Å². The van der Waals surface area contributed by atoms with Crippen LogP contribution in [0.3, 0.4) is 0 Å². The second-order valence-corrected chi connectivity index (χ2v) is 8.27. The Kier molecular flexibility index (Phi) is 8.11. The van der Waals surface area contributed by atoms with Gasteiger partial charge in [-0.2, -0.15) is 0 Å². The van der Waals surface area contributed by atoms with Gasteiger partial charge < -0.3 is 10.6 Å². The van der Waals surface area contributed by atoms with Crippen LogP contribution in [0.1, 0.15) is 51.4 Å². The molecule has 2 aliphatic heterocycles. The third-order valence-electron chi connectivity index (χ3n) is 4.10. The number of thioether (sulfide) groups is 2. The lowest BCUT2D eigenvalue weighted by Gasteiger charge is -2.10. The fourth-order valence-corrected chi connectivity index (χ4v) is 4.58. The molecule has 2 unspecified atom stereocenters. The maximum Gasteiger partial charge on any atom is 0.220 e. The average Bonchev–Trinajstić information content (AvgIpc) is 3.12. The third kappa shape index (κ3) is 6.47. The van der Waals surface area contributed by atoms with Crippen LogP contribution >= 0.6 is 23.5 Å². The second-order valence-electron chi connectivity index (χ2n) is 6.07. The van der Waals surface area contributed by atoms with Crippen LogP contribution in [0.5, 0.6) is 0 Å². The number of hydrogen-bond donors (Lipinski definition) is 2. The molecule has 0 aromatic carbocycles. The van der Waals surface area contributed by atoms with E-state index in [0.29, 0.717) is 12.8 Å². The molecule has 0 aliphatic carbocycles. The quantitative estimate of drug-likeness (QED) is 0.598. The zero-order chi connectivity index (χ0) is 17.4. The molecule has 2 rings (SSSR count). The van der Waals surface area contributed by atoms with Gasteiger partial charge in [0.25, 0.3) is 0 Å². The Morgan fingerprint density at radius 2 is 1.21 bits per heavy atom. The summed E-state index contributed by atoms with van der Waals surface area (Å²) in [7, 11) is 0. The Bertz CT molecular complexity index is 454. The normalized spacial score (nSPS) is 23.5. The van der Waals surface area contributed by atoms with Crippen molar-refractivity contribution in [2.45, 2.75) is 63.5 Å². The van der Waals surface area contributed by atoms with Crippen molar-refractivity contribution in [1.29, 1.82) is 0 Å². The predicted molar refractivity (Wildman–Crippen MR) is 95.7 cm³/mol. The summed E-state index contributed by atoms with van der Waals surface area (Å²) in [5, 5.41) is 5.68. The van der Waals surface area contributed by atoms with Crippen LogP contribution in [0.25, 0.3) is 0 Å². The lowest BCUT2D eigenvalue weighted by Crippen LogP contribution is -2.37. The maximum absolute atomic E-state index is 11.7. The van der Waals surface area contributed by atoms with Gasteiger partial charge >= 0.3 is 0 Å². The second kappa shape index (κ2) is 10.1. The average molecular weight is 373 g/mol. The van der Waals surface area contributed by atoms with E-state index in [-0.39, 0.29) is 34.1 Å². The van der Waals surface area contributed by atoms with E-state index in [0.717, 1.165) is 50.0 Å². The highest BCUT2D eigenvalue weighted by Gasteiger charge is 2.27. The predicted octanol–water partition coefficient (Wildman–Crippen LogP) is 1.62. The van der Waals surface area contributed by atoms with Crippen LogP contribution in [0.4, 0.5) is 0 Å². The number of hydrogen-bond acceptors (Lipinski definition) is 6. The lowest BCUT2D eigenvalue weighted by atomic mass is 10.1. The smallest absolute Gasteiger partial charge is 0.220 e. The molecule has 134 valence electrons. The molecule has 2 amide bonds. The first-order chi connectivity index (χ1) is 11.6. The minimum absolute atomic E-state index is 0.0634. The fraction of sp³-hybridized carbons (Fsp3) is 0.750. The molecule has 2 N–H and O–H groups in total. The Balaban J connectivity index is 1.46. The zero-order valence-electron chi connectivity index (χ0n) is 13.7. The van der Waals surface area contributed by atoms with Crippen molar-refractivity contribution in [2.24, 2.45) is 0 Å². The van der Waals surface area contributed by atoms with Gasteiger partial charge in [0, 0.05) is 24.3 Å². The summed E-state index contributed by atoms with van der Waals surface area (Å²) in [6, 6.07) is -0.606. The Labute approximate surface area is 150 Å². The molecule has 0 bridgehead atoms. The SMILES string of the molecule is O=C(CCCCCCC(=O)NC1CCSC1=O)NC1CCSC1=O. The lowest BCUT2D eigenvalue weighted by molar-refractivity contribution is -0.125. The van der Waals surface area contributed by atoms with Gasteiger partial charge in [-0.3, -0.25) is 19.2 Å². The van der Waals surface area contributed by atoms with Crippen molar-refractivity contribution in [3.63, 3.8) is 0 Å². The summed E-state index contributed by atoms with van der Waals surface area (Å²) in [6.45, 7) is 0. The molecular weight excluding hydrogens is 348 g/mol. The third-order valence-corrected chi connectivity index (χ3v) is 6.12. The monoisotopic (exact) mass is 372 g/mol. The molecule has 0 aromatic rings. The van der Waals surface area contributed by atoms with Crippen molar-refractivity contribution >= 4 is 45.6 Å². The summed E-state index contributed by atoms with van der Waals surface area (Å²) < 4.78 is 0. The van der Waals surface area contributed by atoms with Crippen molar-refractivity contribution in [3.8, 4) is 0 Å². The molecular formula is C16H24N2O4S2. The minimum Gasteiger partial charge on any atom is -0.345 e. The van der Waals surface area contributed by atoms with E-state index in [4.69, 9.17) is 0 Å². The molecule has 0 saturated carbocycles. The van der Waals surface area contributed by atoms with E-state index in [1.165, 1.54) is 23.5 Å². The first-order valence-electron chi connectivity index (χ1n) is 8.48. The molecule has 0 aromatic heterocycles. The standard InChI is InChI=1S/C16H24N2O4S2/c19-13(17-11-7-9-23-15(11)21)5-3-1-2-4-6-14(20)18-12-8-10-24-16(12)22/h11-12H,1-10H2,(H,17,19)(H,18,20). The van der Waals surface area contributed by atoms with Gasteiger partial charge in [-0.25, -0.2) is 0 Å². The summed E-state index contributed by atoms with van der Waals surface area (Å²) in [5.74, 6) is 1.45. The van der Waals surface area contributed by atoms with Crippen LogP contribution in [-0.2, 0) is 19.2 Å². The molecule has 24 heavy (non-hydrogen) atoms. The summed E-state index contributed by atoms with van der Waals surface area (Å²) in [5.41, 5.74) is 0. The molecule has 2 fully saturated rings. The maximum atomic E-state index is 11.7. The zero-order valence-corrected chi connectivity index (χ0v) is 15.3.